The highest BCUT2D eigenvalue weighted by Gasteiger charge is 2.12. The average Bonchev–Trinajstić information content (AvgIpc) is 2.39. The number of nitrogens with one attached hydrogen (secondary N) is 1. The Morgan fingerprint density at radius 1 is 1.27 bits per heavy atom. The molecule has 122 valence electrons. The number of rotatable bonds is 2. The minimum atomic E-state index is -1.08. The Kier molecular flexibility index (Phi) is 8.81. The minimum absolute atomic E-state index is 0.134. The van der Waals surface area contributed by atoms with Crippen molar-refractivity contribution in [2.75, 3.05) is 7.05 Å². The number of nitrogens with two attached hydrogens (primary N) is 2. The second kappa shape index (κ2) is 9.75. The highest BCUT2D eigenvalue weighted by Crippen LogP contribution is 2.15. The first-order valence-electron chi connectivity index (χ1n) is 6.58. The maximum Gasteiger partial charge on any atom is 0.301 e. The van der Waals surface area contributed by atoms with Crippen molar-refractivity contribution in [3.05, 3.63) is 29.3 Å². The molecule has 0 bridgehead atoms. The molecule has 22 heavy (non-hydrogen) atoms. The minimum Gasteiger partial charge on any atom is -0.550 e. The van der Waals surface area contributed by atoms with Gasteiger partial charge in [-0.2, -0.15) is 0 Å². The zero-order chi connectivity index (χ0) is 17.3. The van der Waals surface area contributed by atoms with Crippen molar-refractivity contribution in [3.63, 3.8) is 0 Å². The van der Waals surface area contributed by atoms with Gasteiger partial charge in [-0.05, 0) is 45.0 Å². The van der Waals surface area contributed by atoms with E-state index in [0.717, 1.165) is 11.8 Å². The van der Waals surface area contributed by atoms with Crippen LogP contribution in [0.3, 0.4) is 0 Å². The molecule has 0 fully saturated rings. The van der Waals surface area contributed by atoms with E-state index in [1.807, 2.05) is 20.9 Å². The fourth-order valence-electron chi connectivity index (χ4n) is 1.18. The Bertz CT molecular complexity index is 537. The fraction of sp³-hybridized carbons (Fsp3) is 0.357. The molecule has 0 aliphatic carbocycles. The van der Waals surface area contributed by atoms with E-state index in [1.54, 1.807) is 24.3 Å². The van der Waals surface area contributed by atoms with Gasteiger partial charge in [0.1, 0.15) is 0 Å². The standard InChI is InChI=1S/C12H18ClN5.C2H4O2/c1-8(2)18(3)12(15)17-11(14)16-10-6-4-9(13)5-7-10;1-2(3)4/h4-8H,1-3H3,(H4,14,15,16,17);1H3,(H,3,4). The maximum absolute atomic E-state index is 8.89. The Hall–Kier alpha value is -2.12. The van der Waals surface area contributed by atoms with Crippen LogP contribution >= 0.6 is 11.6 Å². The second-order valence-corrected chi connectivity index (χ2v) is 5.21. The number of benzene rings is 1. The van der Waals surface area contributed by atoms with Crippen LogP contribution in [0.2, 0.25) is 5.02 Å². The van der Waals surface area contributed by atoms with Gasteiger partial charge >= 0.3 is 5.96 Å². The molecule has 1 aromatic carbocycles. The largest absolute Gasteiger partial charge is 0.550 e. The number of carboxylic acids is 1. The van der Waals surface area contributed by atoms with Crippen molar-refractivity contribution in [2.45, 2.75) is 26.8 Å². The first kappa shape index (κ1) is 19.9. The molecule has 0 radical (unpaired) electrons. The first-order valence-corrected chi connectivity index (χ1v) is 6.96. The van der Waals surface area contributed by atoms with Crippen molar-refractivity contribution in [1.82, 2.24) is 0 Å². The van der Waals surface area contributed by atoms with E-state index in [1.165, 1.54) is 0 Å². The predicted molar refractivity (Wildman–Crippen MR) is 87.1 cm³/mol. The van der Waals surface area contributed by atoms with Crippen LogP contribution in [-0.4, -0.2) is 31.0 Å². The summed E-state index contributed by atoms with van der Waals surface area (Å²) in [5.74, 6) is -0.532. The smallest absolute Gasteiger partial charge is 0.301 e. The number of carbonyl (C=O) groups excluding carboxylic acids is 1. The molecule has 1 unspecified atom stereocenters. The number of quaternary nitrogens is 1. The lowest BCUT2D eigenvalue weighted by Crippen LogP contribution is -3.16. The van der Waals surface area contributed by atoms with Gasteiger partial charge in [0, 0.05) is 11.0 Å². The van der Waals surface area contributed by atoms with Gasteiger partial charge in [0.2, 0.25) is 5.96 Å². The lowest BCUT2D eigenvalue weighted by Gasteiger charge is -2.15. The second-order valence-electron chi connectivity index (χ2n) is 4.77. The summed E-state index contributed by atoms with van der Waals surface area (Å²) in [6.45, 7) is 5.06. The van der Waals surface area contributed by atoms with E-state index in [0.29, 0.717) is 22.7 Å². The van der Waals surface area contributed by atoms with Gasteiger partial charge < -0.3 is 21.4 Å². The van der Waals surface area contributed by atoms with E-state index in [4.69, 9.17) is 33.0 Å². The van der Waals surface area contributed by atoms with Crippen molar-refractivity contribution in [2.24, 2.45) is 21.5 Å². The van der Waals surface area contributed by atoms with Crippen molar-refractivity contribution >= 4 is 35.2 Å². The maximum atomic E-state index is 8.89. The van der Waals surface area contributed by atoms with Crippen LogP contribution in [0.15, 0.2) is 34.3 Å². The summed E-state index contributed by atoms with van der Waals surface area (Å²) in [5.41, 5.74) is 12.2. The average molecular weight is 328 g/mol. The van der Waals surface area contributed by atoms with Crippen LogP contribution in [0, 0.1) is 0 Å². The van der Waals surface area contributed by atoms with E-state index >= 15 is 0 Å². The molecule has 0 heterocycles. The lowest BCUT2D eigenvalue weighted by atomic mass is 10.3. The van der Waals surface area contributed by atoms with E-state index in [-0.39, 0.29) is 5.96 Å². The monoisotopic (exact) mass is 327 g/mol. The normalized spacial score (nSPS) is 13.4. The number of carboxylic acid groups (broad SMARTS) is 1. The van der Waals surface area contributed by atoms with Crippen molar-refractivity contribution < 1.29 is 14.8 Å². The molecule has 0 saturated heterocycles. The number of aliphatic carboxylic acids is 1. The molecule has 1 rings (SSSR count). The Balaban J connectivity index is 0.000000980. The predicted octanol–water partition coefficient (Wildman–Crippen LogP) is -0.720. The molecule has 0 aromatic heterocycles. The quantitative estimate of drug-likeness (QED) is 0.490. The third-order valence-corrected chi connectivity index (χ3v) is 2.83. The van der Waals surface area contributed by atoms with Gasteiger partial charge in [-0.25, -0.2) is 4.99 Å². The molecule has 0 spiro atoms. The van der Waals surface area contributed by atoms with Gasteiger partial charge in [0.15, 0.2) is 0 Å². The topological polar surface area (TPSA) is 121 Å². The van der Waals surface area contributed by atoms with Crippen LogP contribution in [0.25, 0.3) is 0 Å². The molecule has 0 aliphatic heterocycles. The van der Waals surface area contributed by atoms with E-state index in [2.05, 4.69) is 9.98 Å². The van der Waals surface area contributed by atoms with Crippen LogP contribution in [0.1, 0.15) is 20.8 Å². The Morgan fingerprint density at radius 2 is 1.73 bits per heavy atom. The molecule has 8 heteroatoms. The Labute approximate surface area is 135 Å². The van der Waals surface area contributed by atoms with Gasteiger partial charge in [-0.1, -0.05) is 11.6 Å². The summed E-state index contributed by atoms with van der Waals surface area (Å²) in [6.07, 6.45) is 0. The summed E-state index contributed by atoms with van der Waals surface area (Å²) in [4.78, 5) is 18.1. The third kappa shape index (κ3) is 8.93. The molecule has 0 saturated carbocycles. The fourth-order valence-corrected chi connectivity index (χ4v) is 1.31. The zero-order valence-electron chi connectivity index (χ0n) is 13.1. The third-order valence-electron chi connectivity index (χ3n) is 2.58. The number of nitrogens with zero attached hydrogens (tertiary/aromatic N) is 2. The summed E-state index contributed by atoms with van der Waals surface area (Å²) in [5, 5.41) is 9.54. The molecule has 1 aromatic rings. The number of halogens is 1. The number of guanidine groups is 2. The van der Waals surface area contributed by atoms with Crippen LogP contribution in [0.4, 0.5) is 5.69 Å². The first-order chi connectivity index (χ1) is 10.1. The zero-order valence-corrected chi connectivity index (χ0v) is 13.9. The summed E-state index contributed by atoms with van der Waals surface area (Å²) in [6, 6.07) is 7.34. The SMILES string of the molecule is CC(=O)[O-].CC(C)[NH+](C)/C(N)=N/C(N)=Nc1ccc(Cl)cc1. The van der Waals surface area contributed by atoms with Crippen LogP contribution in [0.5, 0.6) is 0 Å². The molecule has 0 aliphatic rings. The summed E-state index contributed by atoms with van der Waals surface area (Å²) < 4.78 is 0. The van der Waals surface area contributed by atoms with Gasteiger partial charge in [-0.3, -0.25) is 4.90 Å². The molecule has 5 N–H and O–H groups in total. The summed E-state index contributed by atoms with van der Waals surface area (Å²) >= 11 is 5.78. The molecular weight excluding hydrogens is 306 g/mol. The number of hydrogen-bond donors (Lipinski definition) is 3. The number of carbonyl (C=O) groups is 1. The molecule has 0 amide bonds. The van der Waals surface area contributed by atoms with Gasteiger partial charge in [-0.15, -0.1) is 4.99 Å². The van der Waals surface area contributed by atoms with Crippen LogP contribution in [-0.2, 0) is 4.79 Å². The van der Waals surface area contributed by atoms with E-state index < -0.39 is 5.97 Å². The van der Waals surface area contributed by atoms with Gasteiger partial charge in [0.25, 0.3) is 0 Å². The summed E-state index contributed by atoms with van der Waals surface area (Å²) in [7, 11) is 1.93. The highest BCUT2D eigenvalue weighted by atomic mass is 35.5. The molecule has 7 nitrogen and oxygen atoms in total. The van der Waals surface area contributed by atoms with Gasteiger partial charge in [0.05, 0.1) is 18.8 Å². The van der Waals surface area contributed by atoms with Crippen molar-refractivity contribution in [3.8, 4) is 0 Å². The van der Waals surface area contributed by atoms with Crippen LogP contribution < -0.4 is 21.5 Å². The number of aliphatic imine (C=N–C) groups is 2. The lowest BCUT2D eigenvalue weighted by molar-refractivity contribution is -0.808. The molecule has 1 atom stereocenters. The van der Waals surface area contributed by atoms with Crippen molar-refractivity contribution in [1.29, 1.82) is 0 Å². The van der Waals surface area contributed by atoms with E-state index in [9.17, 15) is 0 Å². The highest BCUT2D eigenvalue weighted by molar-refractivity contribution is 6.30. The number of hydrogen-bond acceptors (Lipinski definition) is 3. The Morgan fingerprint density at radius 3 is 2.14 bits per heavy atom. The molecular formula is C14H22ClN5O2.